The minimum absolute atomic E-state index is 0.0660. The highest BCUT2D eigenvalue weighted by Gasteiger charge is 2.24. The van der Waals surface area contributed by atoms with Crippen molar-refractivity contribution in [3.63, 3.8) is 0 Å². The summed E-state index contributed by atoms with van der Waals surface area (Å²) in [6.45, 7) is 1.09. The first kappa shape index (κ1) is 31.7. The van der Waals surface area contributed by atoms with Crippen molar-refractivity contribution < 1.29 is 42.7 Å². The van der Waals surface area contributed by atoms with Gasteiger partial charge in [0.15, 0.2) is 0 Å². The summed E-state index contributed by atoms with van der Waals surface area (Å²) in [5.41, 5.74) is 5.15. The first-order valence-electron chi connectivity index (χ1n) is 12.0. The lowest BCUT2D eigenvalue weighted by molar-refractivity contribution is -0.154. The molecule has 2 atom stereocenters. The van der Waals surface area contributed by atoms with E-state index in [1.165, 1.54) is 51.4 Å². The molecule has 0 aliphatic carbocycles. The van der Waals surface area contributed by atoms with Gasteiger partial charge >= 0.3 is 19.8 Å². The number of carboxylic acids is 1. The number of Topliss-reactive ketones (excluding diaryl/α,β-unsaturated/α-hetero) is 1. The molecule has 0 spiro atoms. The van der Waals surface area contributed by atoms with Gasteiger partial charge in [-0.1, -0.05) is 77.6 Å². The van der Waals surface area contributed by atoms with E-state index in [9.17, 15) is 23.8 Å². The SMILES string of the molecule is CCCCCCCCCCCCCCC(=O)C(=O)OCCCOP(=O)(O)OC[C@H](N)C(=O)O. The van der Waals surface area contributed by atoms with E-state index in [1.807, 2.05) is 0 Å². The molecule has 11 heteroatoms. The monoisotopic (exact) mass is 495 g/mol. The van der Waals surface area contributed by atoms with Gasteiger partial charge in [0, 0.05) is 12.8 Å². The number of rotatable bonds is 23. The van der Waals surface area contributed by atoms with Gasteiger partial charge in [-0.05, 0) is 6.42 Å². The Hall–Kier alpha value is -1.32. The predicted octanol–water partition coefficient (Wildman–Crippen LogP) is 4.13. The van der Waals surface area contributed by atoms with Gasteiger partial charge in [0.25, 0.3) is 0 Å². The Morgan fingerprint density at radius 3 is 1.85 bits per heavy atom. The number of hydrogen-bond acceptors (Lipinski definition) is 8. The van der Waals surface area contributed by atoms with Gasteiger partial charge in [-0.15, -0.1) is 0 Å². The number of ketones is 1. The zero-order valence-corrected chi connectivity index (χ0v) is 20.8. The van der Waals surface area contributed by atoms with Gasteiger partial charge in [-0.2, -0.15) is 0 Å². The average Bonchev–Trinajstić information content (AvgIpc) is 2.77. The second kappa shape index (κ2) is 20.1. The van der Waals surface area contributed by atoms with Crippen molar-refractivity contribution in [2.75, 3.05) is 19.8 Å². The molecule has 0 saturated heterocycles. The van der Waals surface area contributed by atoms with Crippen LogP contribution < -0.4 is 5.73 Å². The summed E-state index contributed by atoms with van der Waals surface area (Å²) in [7, 11) is -4.46. The van der Waals surface area contributed by atoms with E-state index in [2.05, 4.69) is 16.0 Å². The van der Waals surface area contributed by atoms with Crippen molar-refractivity contribution in [2.45, 2.75) is 103 Å². The molecular weight excluding hydrogens is 453 g/mol. The Morgan fingerprint density at radius 2 is 1.33 bits per heavy atom. The Morgan fingerprint density at radius 1 is 0.818 bits per heavy atom. The van der Waals surface area contributed by atoms with Crippen LogP contribution in [0.4, 0.5) is 0 Å². The summed E-state index contributed by atoms with van der Waals surface area (Å²) >= 11 is 0. The number of ether oxygens (including phenoxy) is 1. The van der Waals surface area contributed by atoms with Crippen LogP contribution in [-0.4, -0.2) is 53.6 Å². The van der Waals surface area contributed by atoms with Crippen LogP contribution in [0.5, 0.6) is 0 Å². The first-order chi connectivity index (χ1) is 15.7. The highest BCUT2D eigenvalue weighted by atomic mass is 31.2. The fourth-order valence-electron chi connectivity index (χ4n) is 3.00. The van der Waals surface area contributed by atoms with Gasteiger partial charge in [-0.25, -0.2) is 9.36 Å². The van der Waals surface area contributed by atoms with E-state index in [0.717, 1.165) is 19.3 Å². The smallest absolute Gasteiger partial charge is 0.472 e. The Kier molecular flexibility index (Phi) is 19.3. The van der Waals surface area contributed by atoms with Crippen molar-refractivity contribution >= 4 is 25.5 Å². The number of nitrogens with two attached hydrogens (primary N) is 1. The fraction of sp³-hybridized carbons (Fsp3) is 0.864. The maximum Gasteiger partial charge on any atom is 0.472 e. The van der Waals surface area contributed by atoms with Gasteiger partial charge < -0.3 is 20.5 Å². The first-order valence-corrected chi connectivity index (χ1v) is 13.5. The molecule has 0 aliphatic heterocycles. The lowest BCUT2D eigenvalue weighted by Gasteiger charge is -2.13. The molecule has 0 aliphatic rings. The summed E-state index contributed by atoms with van der Waals surface area (Å²) in [6, 6.07) is -1.45. The minimum atomic E-state index is -4.46. The van der Waals surface area contributed by atoms with Gasteiger partial charge in [0.1, 0.15) is 6.04 Å². The van der Waals surface area contributed by atoms with Crippen LogP contribution in [0, 0.1) is 0 Å². The third kappa shape index (κ3) is 19.8. The maximum atomic E-state index is 11.8. The predicted molar refractivity (Wildman–Crippen MR) is 124 cm³/mol. The van der Waals surface area contributed by atoms with Crippen molar-refractivity contribution in [1.82, 2.24) is 0 Å². The zero-order valence-electron chi connectivity index (χ0n) is 19.9. The lowest BCUT2D eigenvalue weighted by Crippen LogP contribution is -2.34. The van der Waals surface area contributed by atoms with E-state index >= 15 is 0 Å². The number of phosphoric acid groups is 1. The lowest BCUT2D eigenvalue weighted by atomic mass is 10.0. The molecule has 1 unspecified atom stereocenters. The summed E-state index contributed by atoms with van der Waals surface area (Å²) in [5, 5.41) is 8.58. The van der Waals surface area contributed by atoms with Crippen LogP contribution in [0.1, 0.15) is 96.8 Å². The van der Waals surface area contributed by atoms with E-state index < -0.39 is 38.2 Å². The van der Waals surface area contributed by atoms with Crippen molar-refractivity contribution in [1.29, 1.82) is 0 Å². The van der Waals surface area contributed by atoms with E-state index in [4.69, 9.17) is 15.6 Å². The summed E-state index contributed by atoms with van der Waals surface area (Å²) < 4.78 is 25.4. The maximum absolute atomic E-state index is 11.8. The van der Waals surface area contributed by atoms with Crippen LogP contribution >= 0.6 is 7.82 Å². The molecule has 0 aromatic rings. The van der Waals surface area contributed by atoms with Crippen LogP contribution in [0.3, 0.4) is 0 Å². The molecule has 0 saturated carbocycles. The average molecular weight is 496 g/mol. The molecule has 33 heavy (non-hydrogen) atoms. The van der Waals surface area contributed by atoms with Crippen LogP contribution in [0.25, 0.3) is 0 Å². The molecule has 0 fully saturated rings. The Bertz CT molecular complexity index is 600. The highest BCUT2D eigenvalue weighted by Crippen LogP contribution is 2.43. The number of carbonyl (C=O) groups excluding carboxylic acids is 2. The molecule has 0 rings (SSSR count). The van der Waals surface area contributed by atoms with Crippen LogP contribution in [0.2, 0.25) is 0 Å². The minimum Gasteiger partial charge on any atom is -0.480 e. The number of phosphoric ester groups is 1. The molecule has 0 amide bonds. The van der Waals surface area contributed by atoms with Crippen molar-refractivity contribution in [2.24, 2.45) is 5.73 Å². The molecule has 0 bridgehead atoms. The molecule has 0 heterocycles. The molecule has 0 radical (unpaired) electrons. The molecule has 194 valence electrons. The molecule has 10 nitrogen and oxygen atoms in total. The summed E-state index contributed by atoms with van der Waals surface area (Å²) in [6.07, 6.45) is 14.3. The number of unbranched alkanes of at least 4 members (excludes halogenated alkanes) is 11. The van der Waals surface area contributed by atoms with E-state index in [1.54, 1.807) is 0 Å². The van der Waals surface area contributed by atoms with Gasteiger partial charge in [-0.3, -0.25) is 18.6 Å². The summed E-state index contributed by atoms with van der Waals surface area (Å²) in [4.78, 5) is 43.4. The third-order valence-electron chi connectivity index (χ3n) is 5.00. The highest BCUT2D eigenvalue weighted by molar-refractivity contribution is 7.47. The number of carbonyl (C=O) groups is 3. The number of aliphatic carboxylic acids is 1. The number of carboxylic acid groups (broad SMARTS) is 1. The molecule has 0 aromatic carbocycles. The Balaban J connectivity index is 3.62. The quantitative estimate of drug-likeness (QED) is 0.0813. The van der Waals surface area contributed by atoms with Crippen LogP contribution in [0.15, 0.2) is 0 Å². The topological polar surface area (TPSA) is 162 Å². The number of hydrogen-bond donors (Lipinski definition) is 3. The Labute approximate surface area is 197 Å². The fourth-order valence-corrected chi connectivity index (χ4v) is 3.78. The molecule has 4 N–H and O–H groups in total. The van der Waals surface area contributed by atoms with E-state index in [-0.39, 0.29) is 26.1 Å². The molecule has 0 aromatic heterocycles. The van der Waals surface area contributed by atoms with Crippen molar-refractivity contribution in [3.05, 3.63) is 0 Å². The van der Waals surface area contributed by atoms with Crippen LogP contribution in [-0.2, 0) is 32.7 Å². The number of esters is 1. The second-order valence-electron chi connectivity index (χ2n) is 8.09. The standard InChI is InChI=1S/C22H42NO9P/c1-2-3-4-5-6-7-8-9-10-11-12-13-15-20(24)22(27)30-16-14-17-31-33(28,29)32-18-19(23)21(25)26/h19H,2-18,23H2,1H3,(H,25,26)(H,28,29)/t19-/m0/s1. The summed E-state index contributed by atoms with van der Waals surface area (Å²) in [5.74, 6) is -2.88. The van der Waals surface area contributed by atoms with Crippen molar-refractivity contribution in [3.8, 4) is 0 Å². The van der Waals surface area contributed by atoms with Gasteiger partial charge in [0.05, 0.1) is 19.8 Å². The molecular formula is C22H42NO9P. The second-order valence-corrected chi connectivity index (χ2v) is 9.55. The van der Waals surface area contributed by atoms with Gasteiger partial charge in [0.2, 0.25) is 5.78 Å². The third-order valence-corrected chi connectivity index (χ3v) is 5.98. The largest absolute Gasteiger partial charge is 0.480 e. The zero-order chi connectivity index (χ0) is 25.0. The normalized spacial score (nSPS) is 13.9. The van der Waals surface area contributed by atoms with E-state index in [0.29, 0.717) is 6.42 Å².